The summed E-state index contributed by atoms with van der Waals surface area (Å²) in [6, 6.07) is 0. The summed E-state index contributed by atoms with van der Waals surface area (Å²) in [5, 5.41) is 7.02. The van der Waals surface area contributed by atoms with Crippen molar-refractivity contribution >= 4 is 43.2 Å². The first-order valence-corrected chi connectivity index (χ1v) is 4.17. The molecule has 11 heavy (non-hydrogen) atoms. The van der Waals surface area contributed by atoms with Crippen molar-refractivity contribution in [1.29, 1.82) is 0 Å². The average Bonchev–Trinajstić information content (AvgIpc) is 2.36. The van der Waals surface area contributed by atoms with Crippen LogP contribution in [0.25, 0.3) is 11.3 Å². The Morgan fingerprint density at radius 3 is 1.82 bits per heavy atom. The van der Waals surface area contributed by atoms with E-state index in [1.165, 1.54) is 0 Å². The maximum absolute atomic E-state index is 4.41. The average molecular weight is 280 g/mol. The van der Waals surface area contributed by atoms with Gasteiger partial charge in [0.05, 0.1) is 0 Å². The summed E-state index contributed by atoms with van der Waals surface area (Å²) in [4.78, 5) is 7.95. The second-order valence-corrected chi connectivity index (χ2v) is 3.22. The van der Waals surface area contributed by atoms with Crippen LogP contribution in [0.4, 0.5) is 0 Å². The van der Waals surface area contributed by atoms with Crippen LogP contribution in [0, 0.1) is 0 Å². The van der Waals surface area contributed by atoms with Crippen molar-refractivity contribution in [2.24, 2.45) is 0 Å². The Labute approximate surface area is 77.4 Å². The number of hydrogen-bond donors (Lipinski definition) is 0. The fourth-order valence-electron chi connectivity index (χ4n) is 0.598. The van der Waals surface area contributed by atoms with E-state index in [0.29, 0.717) is 20.5 Å². The lowest BCUT2D eigenvalue weighted by atomic mass is 10.7. The van der Waals surface area contributed by atoms with Crippen LogP contribution >= 0.6 is 31.9 Å². The first kappa shape index (κ1) is 7.11. The van der Waals surface area contributed by atoms with E-state index in [-0.39, 0.29) is 0 Å². The minimum absolute atomic E-state index is 0.389. The predicted octanol–water partition coefficient (Wildman–Crippen LogP) is 1.54. The molecule has 0 bridgehead atoms. The lowest BCUT2D eigenvalue weighted by Gasteiger charge is -1.89. The van der Waals surface area contributed by atoms with Crippen LogP contribution in [0.3, 0.4) is 0 Å². The molecule has 0 N–H and O–H groups in total. The van der Waals surface area contributed by atoms with Crippen molar-refractivity contribution in [2.75, 3.05) is 0 Å². The molecule has 0 fully saturated rings. The van der Waals surface area contributed by atoms with Crippen molar-refractivity contribution in [3.63, 3.8) is 0 Å². The van der Waals surface area contributed by atoms with Gasteiger partial charge in [0.25, 0.3) is 0 Å². The zero-order valence-electron chi connectivity index (χ0n) is 4.95. The Hall–Kier alpha value is -0.560. The molecule has 0 aliphatic rings. The molecular weight excluding hydrogens is 280 g/mol. The van der Waals surface area contributed by atoms with Crippen molar-refractivity contribution in [3.8, 4) is 0 Å². The lowest BCUT2D eigenvalue weighted by molar-refractivity contribution is 0.314. The van der Waals surface area contributed by atoms with Gasteiger partial charge in [-0.1, -0.05) is 0 Å². The summed E-state index contributed by atoms with van der Waals surface area (Å²) in [6.07, 6.45) is 0. The molecule has 56 valence electrons. The number of hydrogen-bond acceptors (Lipinski definition) is 5. The molecule has 0 aromatic carbocycles. The highest BCUT2D eigenvalue weighted by molar-refractivity contribution is 9.13. The minimum Gasteiger partial charge on any atom is -0.240 e. The third kappa shape index (κ3) is 1.14. The number of nitrogens with zero attached hydrogens (tertiary/aromatic N) is 4. The molecular formula is C4Br2N4O. The number of halogens is 2. The topological polar surface area (TPSA) is 64.7 Å². The van der Waals surface area contributed by atoms with E-state index < -0.39 is 0 Å². The maximum atomic E-state index is 4.41. The molecule has 0 spiro atoms. The van der Waals surface area contributed by atoms with Crippen molar-refractivity contribution in [2.45, 2.75) is 0 Å². The minimum atomic E-state index is 0.389. The van der Waals surface area contributed by atoms with Gasteiger partial charge < -0.3 is 0 Å². The Balaban J connectivity index is 2.86. The normalized spacial score (nSPS) is 10.7. The molecule has 0 aliphatic carbocycles. The molecule has 0 aliphatic heterocycles. The molecule has 7 heteroatoms. The van der Waals surface area contributed by atoms with Crippen LogP contribution in [0.15, 0.2) is 13.8 Å². The number of aromatic nitrogens is 4. The first-order valence-electron chi connectivity index (χ1n) is 2.58. The molecule has 5 nitrogen and oxygen atoms in total. The standard InChI is InChI=1S/C4Br2N4O/c5-1-2(6)8-4-3(7-1)9-11-10-4. The van der Waals surface area contributed by atoms with E-state index in [9.17, 15) is 0 Å². The van der Waals surface area contributed by atoms with Gasteiger partial charge >= 0.3 is 0 Å². The van der Waals surface area contributed by atoms with E-state index >= 15 is 0 Å². The maximum Gasteiger partial charge on any atom is 0.244 e. The Kier molecular flexibility index (Phi) is 1.61. The van der Waals surface area contributed by atoms with Gasteiger partial charge in [-0.05, 0) is 42.2 Å². The fourth-order valence-corrected chi connectivity index (χ4v) is 1.11. The Morgan fingerprint density at radius 1 is 0.909 bits per heavy atom. The van der Waals surface area contributed by atoms with Crippen molar-refractivity contribution < 1.29 is 4.63 Å². The molecule has 2 aromatic rings. The highest BCUT2D eigenvalue weighted by Gasteiger charge is 2.07. The monoisotopic (exact) mass is 278 g/mol. The first-order chi connectivity index (χ1) is 5.27. The molecule has 2 rings (SSSR count). The highest BCUT2D eigenvalue weighted by atomic mass is 79.9. The van der Waals surface area contributed by atoms with Crippen LogP contribution in [0.5, 0.6) is 0 Å². The van der Waals surface area contributed by atoms with Gasteiger partial charge in [-0.15, -0.1) is 0 Å². The molecule has 0 amide bonds. The number of rotatable bonds is 0. The molecule has 2 heterocycles. The Bertz CT molecular complexity index is 364. The second kappa shape index (κ2) is 2.49. The number of fused-ring (bicyclic) bond motifs is 1. The van der Waals surface area contributed by atoms with Crippen molar-refractivity contribution in [3.05, 3.63) is 9.21 Å². The van der Waals surface area contributed by atoms with Crippen molar-refractivity contribution in [1.82, 2.24) is 20.3 Å². The van der Waals surface area contributed by atoms with Gasteiger partial charge in [-0.2, -0.15) is 0 Å². The zero-order chi connectivity index (χ0) is 7.84. The summed E-state index contributed by atoms with van der Waals surface area (Å²) < 4.78 is 5.58. The molecule has 0 unspecified atom stereocenters. The summed E-state index contributed by atoms with van der Waals surface area (Å²) >= 11 is 6.34. The van der Waals surface area contributed by atoms with E-state index in [1.54, 1.807) is 0 Å². The summed E-state index contributed by atoms with van der Waals surface area (Å²) in [5.74, 6) is 0. The van der Waals surface area contributed by atoms with Gasteiger partial charge in [0.1, 0.15) is 9.21 Å². The molecule has 0 saturated carbocycles. The predicted molar refractivity (Wildman–Crippen MR) is 42.8 cm³/mol. The molecule has 0 radical (unpaired) electrons. The van der Waals surface area contributed by atoms with Crippen LogP contribution in [0.2, 0.25) is 0 Å². The van der Waals surface area contributed by atoms with E-state index in [0.717, 1.165) is 0 Å². The SMILES string of the molecule is Brc1nc2nonc2nc1Br. The van der Waals surface area contributed by atoms with Gasteiger partial charge in [-0.25, -0.2) is 14.6 Å². The molecule has 2 aromatic heterocycles. The van der Waals surface area contributed by atoms with Gasteiger partial charge in [0, 0.05) is 0 Å². The molecule has 0 atom stereocenters. The van der Waals surface area contributed by atoms with Crippen LogP contribution in [0.1, 0.15) is 0 Å². The largest absolute Gasteiger partial charge is 0.244 e. The second-order valence-electron chi connectivity index (χ2n) is 1.72. The zero-order valence-corrected chi connectivity index (χ0v) is 8.13. The molecule has 0 saturated heterocycles. The third-order valence-electron chi connectivity index (χ3n) is 1.03. The summed E-state index contributed by atoms with van der Waals surface area (Å²) in [5.41, 5.74) is 0.778. The van der Waals surface area contributed by atoms with Gasteiger partial charge in [-0.3, -0.25) is 0 Å². The highest BCUT2D eigenvalue weighted by Crippen LogP contribution is 2.19. The van der Waals surface area contributed by atoms with E-state index in [1.807, 2.05) is 0 Å². The third-order valence-corrected chi connectivity index (χ3v) is 2.67. The van der Waals surface area contributed by atoms with Gasteiger partial charge in [0.15, 0.2) is 0 Å². The Morgan fingerprint density at radius 2 is 1.36 bits per heavy atom. The quantitative estimate of drug-likeness (QED) is 0.732. The summed E-state index contributed by atoms with van der Waals surface area (Å²) in [7, 11) is 0. The van der Waals surface area contributed by atoms with E-state index in [2.05, 4.69) is 56.8 Å². The van der Waals surface area contributed by atoms with Gasteiger partial charge in [0.2, 0.25) is 11.3 Å². The summed E-state index contributed by atoms with van der Waals surface area (Å²) in [6.45, 7) is 0. The van der Waals surface area contributed by atoms with Crippen LogP contribution < -0.4 is 0 Å². The van der Waals surface area contributed by atoms with E-state index in [4.69, 9.17) is 0 Å². The smallest absolute Gasteiger partial charge is 0.240 e. The lowest BCUT2D eigenvalue weighted by Crippen LogP contribution is -1.85. The van der Waals surface area contributed by atoms with Crippen LogP contribution in [-0.4, -0.2) is 20.3 Å². The fraction of sp³-hybridized carbons (Fsp3) is 0. The van der Waals surface area contributed by atoms with Crippen LogP contribution in [-0.2, 0) is 0 Å².